The lowest BCUT2D eigenvalue weighted by Crippen LogP contribution is -2.37. The van der Waals surface area contributed by atoms with Gasteiger partial charge in [-0.25, -0.2) is 0 Å². The number of carbonyl (C=O) groups excluding carboxylic acids is 2. The summed E-state index contributed by atoms with van der Waals surface area (Å²) in [5.74, 6) is -0.661. The van der Waals surface area contributed by atoms with Crippen LogP contribution < -0.4 is 5.32 Å². The number of allylic oxidation sites excluding steroid dienone is 2. The van der Waals surface area contributed by atoms with Gasteiger partial charge in [0.25, 0.3) is 0 Å². The Kier molecular flexibility index (Phi) is 6.17. The highest BCUT2D eigenvalue weighted by atomic mass is 79.9. The number of rotatable bonds is 5. The maximum Gasteiger partial charge on any atom is 0.245 e. The number of Topliss-reactive ketones (excluding diaryl/α,β-unsaturated/α-hetero) is 1. The zero-order valence-corrected chi connectivity index (χ0v) is 10.8. The lowest BCUT2D eigenvalue weighted by atomic mass is 10.1. The van der Waals surface area contributed by atoms with Crippen LogP contribution in [0.2, 0.25) is 0 Å². The Morgan fingerprint density at radius 3 is 2.27 bits per heavy atom. The Bertz CT molecular complexity index is 295. The molecule has 1 amide bonds. The van der Waals surface area contributed by atoms with Gasteiger partial charge in [0, 0.05) is 11.6 Å². The van der Waals surface area contributed by atoms with Crippen LogP contribution in [0.1, 0.15) is 20.8 Å². The van der Waals surface area contributed by atoms with Crippen molar-refractivity contribution in [1.29, 1.82) is 0 Å². The molecule has 0 aliphatic rings. The number of hydrogen-bond acceptors (Lipinski definition) is 2. The van der Waals surface area contributed by atoms with Crippen molar-refractivity contribution < 1.29 is 9.59 Å². The first-order valence-corrected chi connectivity index (χ1v) is 5.63. The van der Waals surface area contributed by atoms with E-state index < -0.39 is 4.83 Å². The zero-order valence-electron chi connectivity index (χ0n) is 9.21. The fraction of sp³-hybridized carbons (Fsp3) is 0.455. The largest absolute Gasteiger partial charge is 0.325 e. The van der Waals surface area contributed by atoms with Crippen molar-refractivity contribution in [2.45, 2.75) is 25.6 Å². The molecule has 0 radical (unpaired) electrons. The van der Waals surface area contributed by atoms with Gasteiger partial charge in [-0.1, -0.05) is 42.4 Å². The van der Waals surface area contributed by atoms with Gasteiger partial charge in [-0.3, -0.25) is 9.59 Å². The molecule has 0 fully saturated rings. The van der Waals surface area contributed by atoms with E-state index in [1.807, 2.05) is 0 Å². The quantitative estimate of drug-likeness (QED) is 0.474. The average molecular weight is 274 g/mol. The summed E-state index contributed by atoms with van der Waals surface area (Å²) >= 11 is 3.07. The molecule has 0 spiro atoms. The number of amides is 1. The third-order valence-corrected chi connectivity index (χ3v) is 2.71. The number of halogens is 1. The second kappa shape index (κ2) is 6.56. The first kappa shape index (κ1) is 14.1. The van der Waals surface area contributed by atoms with E-state index in [4.69, 9.17) is 0 Å². The molecule has 0 aromatic rings. The van der Waals surface area contributed by atoms with Gasteiger partial charge in [0.1, 0.15) is 0 Å². The van der Waals surface area contributed by atoms with Crippen molar-refractivity contribution in [2.24, 2.45) is 5.92 Å². The average Bonchev–Trinajstić information content (AvgIpc) is 2.23. The summed E-state index contributed by atoms with van der Waals surface area (Å²) in [6.07, 6.45) is 3.24. The summed E-state index contributed by atoms with van der Waals surface area (Å²) in [5.41, 5.74) is 0.598. The highest BCUT2D eigenvalue weighted by Gasteiger charge is 2.25. The van der Waals surface area contributed by atoms with Gasteiger partial charge in [0.15, 0.2) is 10.6 Å². The Labute approximate surface area is 98.7 Å². The summed E-state index contributed by atoms with van der Waals surface area (Å²) in [4.78, 5) is 22.2. The van der Waals surface area contributed by atoms with Crippen molar-refractivity contribution in [3.05, 3.63) is 24.4 Å². The van der Waals surface area contributed by atoms with E-state index in [1.165, 1.54) is 6.08 Å². The molecule has 0 rings (SSSR count). The molecule has 1 atom stereocenters. The van der Waals surface area contributed by atoms with E-state index in [0.717, 1.165) is 0 Å². The predicted octanol–water partition coefficient (Wildman–Crippen LogP) is 2.18. The van der Waals surface area contributed by atoms with Crippen LogP contribution in [0.15, 0.2) is 24.4 Å². The first-order chi connectivity index (χ1) is 6.93. The molecule has 0 heterocycles. The van der Waals surface area contributed by atoms with E-state index >= 15 is 0 Å². The second-order valence-electron chi connectivity index (χ2n) is 3.36. The number of carbonyl (C=O) groups is 2. The molecule has 1 N–H and O–H groups in total. The standard InChI is InChI=1S/C11H16BrNO2/c1-5-8(6-2)13-11(15)9(12)10(14)7(3)4/h5-7,9H,1H2,2-4H3,(H,13,15)/b8-6+. The minimum atomic E-state index is -0.799. The predicted molar refractivity (Wildman–Crippen MR) is 64.7 cm³/mol. The van der Waals surface area contributed by atoms with Crippen LogP contribution in [0.3, 0.4) is 0 Å². The molecule has 0 aromatic heterocycles. The first-order valence-electron chi connectivity index (χ1n) is 4.71. The molecule has 15 heavy (non-hydrogen) atoms. The second-order valence-corrected chi connectivity index (χ2v) is 4.27. The molecule has 3 nitrogen and oxygen atoms in total. The minimum Gasteiger partial charge on any atom is -0.325 e. The summed E-state index contributed by atoms with van der Waals surface area (Å²) in [6, 6.07) is 0. The van der Waals surface area contributed by atoms with Crippen molar-refractivity contribution in [3.8, 4) is 0 Å². The Morgan fingerprint density at radius 1 is 1.40 bits per heavy atom. The molecule has 1 unspecified atom stereocenters. The highest BCUT2D eigenvalue weighted by molar-refractivity contribution is 9.10. The lowest BCUT2D eigenvalue weighted by molar-refractivity contribution is -0.128. The molecule has 4 heteroatoms. The smallest absolute Gasteiger partial charge is 0.245 e. The van der Waals surface area contributed by atoms with Crippen LogP contribution in [0, 0.1) is 5.92 Å². The molecule has 0 saturated carbocycles. The number of hydrogen-bond donors (Lipinski definition) is 1. The van der Waals surface area contributed by atoms with Crippen LogP contribution >= 0.6 is 15.9 Å². The molecular weight excluding hydrogens is 258 g/mol. The van der Waals surface area contributed by atoms with Gasteiger partial charge in [0.2, 0.25) is 5.91 Å². The van der Waals surface area contributed by atoms with Crippen molar-refractivity contribution in [3.63, 3.8) is 0 Å². The Hall–Kier alpha value is -0.900. The highest BCUT2D eigenvalue weighted by Crippen LogP contribution is 2.09. The maximum absolute atomic E-state index is 11.5. The lowest BCUT2D eigenvalue weighted by Gasteiger charge is -2.12. The van der Waals surface area contributed by atoms with E-state index in [0.29, 0.717) is 5.70 Å². The fourth-order valence-electron chi connectivity index (χ4n) is 0.869. The SMILES string of the molecule is C=C/C(=C\C)NC(=O)C(Br)C(=O)C(C)C. The third-order valence-electron chi connectivity index (χ3n) is 1.85. The Morgan fingerprint density at radius 2 is 1.93 bits per heavy atom. The summed E-state index contributed by atoms with van der Waals surface area (Å²) in [6.45, 7) is 8.84. The van der Waals surface area contributed by atoms with Crippen LogP contribution in [0.25, 0.3) is 0 Å². The number of ketones is 1. The van der Waals surface area contributed by atoms with Crippen LogP contribution in [-0.4, -0.2) is 16.5 Å². The van der Waals surface area contributed by atoms with Gasteiger partial charge in [0.05, 0.1) is 0 Å². The van der Waals surface area contributed by atoms with Crippen molar-refractivity contribution >= 4 is 27.6 Å². The number of alkyl halides is 1. The van der Waals surface area contributed by atoms with Crippen LogP contribution in [-0.2, 0) is 9.59 Å². The van der Waals surface area contributed by atoms with Gasteiger partial charge in [-0.15, -0.1) is 0 Å². The van der Waals surface area contributed by atoms with E-state index in [-0.39, 0.29) is 17.6 Å². The third kappa shape index (κ3) is 4.42. The monoisotopic (exact) mass is 273 g/mol. The molecule has 0 aromatic carbocycles. The topological polar surface area (TPSA) is 46.2 Å². The van der Waals surface area contributed by atoms with Crippen molar-refractivity contribution in [1.82, 2.24) is 5.32 Å². The molecule has 0 aliphatic heterocycles. The van der Waals surface area contributed by atoms with E-state index in [1.54, 1.807) is 26.8 Å². The molecule has 0 bridgehead atoms. The summed E-state index contributed by atoms with van der Waals surface area (Å²) in [5, 5.41) is 2.59. The molecular formula is C11H16BrNO2. The summed E-state index contributed by atoms with van der Waals surface area (Å²) < 4.78 is 0. The van der Waals surface area contributed by atoms with E-state index in [2.05, 4.69) is 27.8 Å². The maximum atomic E-state index is 11.5. The van der Waals surface area contributed by atoms with Crippen LogP contribution in [0.5, 0.6) is 0 Å². The Balaban J connectivity index is 4.47. The molecule has 84 valence electrons. The van der Waals surface area contributed by atoms with Crippen LogP contribution in [0.4, 0.5) is 0 Å². The van der Waals surface area contributed by atoms with Gasteiger partial charge >= 0.3 is 0 Å². The van der Waals surface area contributed by atoms with Crippen molar-refractivity contribution in [2.75, 3.05) is 0 Å². The van der Waals surface area contributed by atoms with Gasteiger partial charge in [-0.05, 0) is 13.0 Å². The van der Waals surface area contributed by atoms with Gasteiger partial charge < -0.3 is 5.32 Å². The zero-order chi connectivity index (χ0) is 12.0. The van der Waals surface area contributed by atoms with Gasteiger partial charge in [-0.2, -0.15) is 0 Å². The summed E-state index contributed by atoms with van der Waals surface area (Å²) in [7, 11) is 0. The minimum absolute atomic E-state index is 0.132. The van der Waals surface area contributed by atoms with E-state index in [9.17, 15) is 9.59 Å². The molecule has 0 aliphatic carbocycles. The number of nitrogens with one attached hydrogen (secondary N) is 1. The molecule has 0 saturated heterocycles. The fourth-order valence-corrected chi connectivity index (χ4v) is 1.51. The normalized spacial score (nSPS) is 13.5.